The Morgan fingerprint density at radius 2 is 0.699 bits per heavy atom. The van der Waals surface area contributed by atoms with Gasteiger partial charge >= 0.3 is 0 Å². The number of ether oxygens (including phenoxy) is 21. The number of aliphatic hydroxyl groups excluding tert-OH is 6. The molecule has 9 rings (SSSR count). The number of nitrogens with one attached hydrogen (secondary N) is 5. The van der Waals surface area contributed by atoms with Crippen LogP contribution in [0.2, 0.25) is 0 Å². The Kier molecular flexibility index (Phi) is 44.2. The van der Waals surface area contributed by atoms with Gasteiger partial charge in [-0.25, -0.2) is 14.0 Å². The van der Waals surface area contributed by atoms with Crippen LogP contribution in [0.4, 0.5) is 0 Å². The lowest BCUT2D eigenvalue weighted by molar-refractivity contribution is -0.238. The molecule has 0 radical (unpaired) electrons. The van der Waals surface area contributed by atoms with Crippen LogP contribution in [-0.2, 0) is 163 Å². The van der Waals surface area contributed by atoms with E-state index in [0.717, 1.165) is 19.3 Å². The summed E-state index contributed by atoms with van der Waals surface area (Å²) in [7, 11) is 0. The van der Waals surface area contributed by atoms with Gasteiger partial charge in [0.1, 0.15) is 94.2 Å². The molecule has 6 aliphatic rings. The zero-order chi connectivity index (χ0) is 87.6. The normalized spacial score (nSPS) is 25.9. The largest absolute Gasteiger partial charge is 0.388 e. The van der Waals surface area contributed by atoms with Gasteiger partial charge in [-0.15, -0.1) is 15.3 Å². The molecule has 0 aliphatic carbocycles. The average molecular weight is 1760 g/mol. The van der Waals surface area contributed by atoms with Crippen LogP contribution in [0.25, 0.3) is 0 Å². The molecule has 15 atom stereocenters. The molecule has 6 aliphatic heterocycles. The lowest BCUT2D eigenvalue weighted by atomic mass is 9.88. The molecule has 123 heavy (non-hydrogen) atoms. The monoisotopic (exact) mass is 1760 g/mol. The first-order chi connectivity index (χ1) is 59.6. The summed E-state index contributed by atoms with van der Waals surface area (Å²) in [5.74, 6) is -1.49. The van der Waals surface area contributed by atoms with Crippen LogP contribution in [0.3, 0.4) is 0 Å². The predicted octanol–water partition coefficient (Wildman–Crippen LogP) is -6.28. The number of nitrogens with two attached hydrogens (primary N) is 1. The van der Waals surface area contributed by atoms with Gasteiger partial charge in [-0.05, 0) is 32.2 Å². The number of nitrogens with zero attached hydrogens (tertiary/aromatic N) is 9. The second-order valence-corrected chi connectivity index (χ2v) is 30.7. The first kappa shape index (κ1) is 100. The Bertz CT molecular complexity index is 3200. The van der Waals surface area contributed by atoms with Crippen LogP contribution in [0.15, 0.2) is 18.6 Å². The first-order valence-electron chi connectivity index (χ1n) is 42.0. The van der Waals surface area contributed by atoms with E-state index in [0.29, 0.717) is 155 Å². The zero-order valence-corrected chi connectivity index (χ0v) is 70.6. The summed E-state index contributed by atoms with van der Waals surface area (Å²) in [5.41, 5.74) is 1.97. The van der Waals surface area contributed by atoms with Crippen molar-refractivity contribution in [2.45, 2.75) is 208 Å². The summed E-state index contributed by atoms with van der Waals surface area (Å²) >= 11 is 0. The molecule has 6 bridgehead atoms. The highest BCUT2D eigenvalue weighted by Gasteiger charge is 2.62. The molecule has 3 aromatic rings. The summed E-state index contributed by atoms with van der Waals surface area (Å²) in [6.07, 6.45) is -0.552. The summed E-state index contributed by atoms with van der Waals surface area (Å²) in [6, 6.07) is -2.73. The minimum absolute atomic E-state index is 0.0116. The maximum atomic E-state index is 14.2. The van der Waals surface area contributed by atoms with E-state index in [4.69, 9.17) is 105 Å². The Morgan fingerprint density at radius 1 is 0.407 bits per heavy atom. The predicted molar refractivity (Wildman–Crippen MR) is 418 cm³/mol. The van der Waals surface area contributed by atoms with E-state index in [1.165, 1.54) is 20.8 Å². The Hall–Kier alpha value is -6.35. The number of rotatable bonds is 69. The maximum Gasteiger partial charge on any atom is 0.220 e. The van der Waals surface area contributed by atoms with Gasteiger partial charge < -0.3 is 162 Å². The van der Waals surface area contributed by atoms with Crippen molar-refractivity contribution in [3.05, 3.63) is 35.7 Å². The van der Waals surface area contributed by atoms with E-state index in [1.807, 2.05) is 0 Å². The number of aromatic nitrogens is 9. The Morgan fingerprint density at radius 3 is 1.01 bits per heavy atom. The molecule has 700 valence electrons. The fourth-order valence-corrected chi connectivity index (χ4v) is 14.1. The number of amides is 5. The van der Waals surface area contributed by atoms with E-state index in [1.54, 1.807) is 32.6 Å². The topological polar surface area (TPSA) is 579 Å². The zero-order valence-electron chi connectivity index (χ0n) is 70.6. The summed E-state index contributed by atoms with van der Waals surface area (Å²) in [6.45, 7) is 11.2. The van der Waals surface area contributed by atoms with Gasteiger partial charge in [0.15, 0.2) is 18.9 Å². The van der Waals surface area contributed by atoms with Gasteiger partial charge in [-0.1, -0.05) is 28.5 Å². The molecule has 0 saturated carbocycles. The second-order valence-electron chi connectivity index (χ2n) is 30.7. The third-order valence-corrected chi connectivity index (χ3v) is 20.5. The van der Waals surface area contributed by atoms with Crippen LogP contribution in [0.5, 0.6) is 0 Å². The minimum atomic E-state index is -1.35. The van der Waals surface area contributed by atoms with Gasteiger partial charge in [-0.3, -0.25) is 24.0 Å². The third kappa shape index (κ3) is 33.3. The van der Waals surface area contributed by atoms with Crippen LogP contribution in [0, 0.1) is 0 Å². The van der Waals surface area contributed by atoms with E-state index in [-0.39, 0.29) is 157 Å². The minimum Gasteiger partial charge on any atom is -0.388 e. The molecule has 6 fully saturated rings. The molecule has 47 heteroatoms. The van der Waals surface area contributed by atoms with E-state index < -0.39 is 114 Å². The standard InChI is InChI=1S/C76H129N15O32/c1-53(92)79-61-64(97)67(100)74(50-118-70(61)121-74)47-112-35-32-109-29-26-106-23-20-103-17-14-89-38-56(83-86-89)41-115-44-73(82-60(96)11-7-5-9-13-78-59(95)10-6-4-8-12-77,45-116-42-57-39-90(87-84-57)15-18-104-21-24-107-27-30-110-33-36-113-48-75-51-119-71(122-75)62(80-54(2)93)65(98)68(75)101)46-117-43-58-40-91(88-85-58)16-19-105-22-25-108-28-31-111-34-37-114-49-76-52-120-72(123-76)63(81-55(3)94)66(99)69(76)102/h38-40,61-72,97-102H,4-37,41-52,77H2,1-3H3,(H,78,95)(H,79,92)(H,80,93)(H,81,94)(H,82,96)/t61-,62-,63-,64-,65-,66-,67-,68-,69-,70+,71+,72+,74+,75+,76+/m1/s1. The average Bonchev–Trinajstić information content (AvgIpc) is 1.62. The summed E-state index contributed by atoms with van der Waals surface area (Å²) < 4.78 is 127. The third-order valence-electron chi connectivity index (χ3n) is 20.5. The van der Waals surface area contributed by atoms with E-state index >= 15 is 0 Å². The number of carbonyl (C=O) groups is 5. The number of fused-ring (bicyclic) bond motifs is 6. The van der Waals surface area contributed by atoms with Crippen molar-refractivity contribution in [2.75, 3.05) is 211 Å². The fourth-order valence-electron chi connectivity index (χ4n) is 14.1. The molecule has 0 aromatic carbocycles. The Labute approximate surface area is 712 Å². The van der Waals surface area contributed by atoms with Crippen LogP contribution < -0.4 is 32.3 Å². The SMILES string of the molecule is CC(=O)N[C@H]1[C@H]2OC[C@](COCCOCCOCCOCCn3cc(COCC(COCc4cn(CCOCCOCCOCCOC[C@@]56CO[C@@H](O5)[C@H](NC(C)=O)[C@@H](O)[C@H]6O)nn4)(COCc4cn(CCOCCOCCOCCOC[C@@]56CO[C@@H](O5)[C@H](NC(C)=O)[C@@H](O)[C@H]6O)nn4)NC(=O)CCCCCNC(=O)CCCCCN)nn3)(O2)[C@H](O)[C@@H]1O. The number of unbranched alkanes of at least 4 members (excludes halogenated alkanes) is 4. The summed E-state index contributed by atoms with van der Waals surface area (Å²) in [5, 5.41) is 104. The van der Waals surface area contributed by atoms with Gasteiger partial charge in [0.25, 0.3) is 0 Å². The van der Waals surface area contributed by atoms with Crippen molar-refractivity contribution < 1.29 is 154 Å². The second kappa shape index (κ2) is 54.1. The quantitative estimate of drug-likeness (QED) is 0.0234. The molecule has 9 heterocycles. The number of aliphatic hydroxyl groups is 6. The molecule has 6 saturated heterocycles. The lowest BCUT2D eigenvalue weighted by Crippen LogP contribution is -2.66. The van der Waals surface area contributed by atoms with Gasteiger partial charge in [0.05, 0.1) is 256 Å². The fraction of sp³-hybridized carbons (Fsp3) is 0.855. The van der Waals surface area contributed by atoms with Crippen LogP contribution in [0.1, 0.15) is 89.2 Å². The Balaban J connectivity index is 0.695. The van der Waals surface area contributed by atoms with Crippen molar-refractivity contribution in [2.24, 2.45) is 5.73 Å². The van der Waals surface area contributed by atoms with Crippen molar-refractivity contribution in [1.29, 1.82) is 0 Å². The number of hydrogen-bond donors (Lipinski definition) is 12. The van der Waals surface area contributed by atoms with Crippen molar-refractivity contribution >= 4 is 29.5 Å². The summed E-state index contributed by atoms with van der Waals surface area (Å²) in [4.78, 5) is 61.4. The molecular formula is C76H129N15O32. The van der Waals surface area contributed by atoms with Crippen molar-refractivity contribution in [3.63, 3.8) is 0 Å². The van der Waals surface area contributed by atoms with Crippen LogP contribution in [-0.4, -0.2) is 412 Å². The molecule has 5 amide bonds. The van der Waals surface area contributed by atoms with E-state index in [9.17, 15) is 54.6 Å². The molecule has 0 spiro atoms. The highest BCUT2D eigenvalue weighted by molar-refractivity contribution is 5.77. The maximum absolute atomic E-state index is 14.2. The van der Waals surface area contributed by atoms with Gasteiger partial charge in [-0.2, -0.15) is 0 Å². The number of carbonyl (C=O) groups excluding carboxylic acids is 5. The molecule has 13 N–H and O–H groups in total. The lowest BCUT2D eigenvalue weighted by Gasteiger charge is -2.42. The van der Waals surface area contributed by atoms with E-state index in [2.05, 4.69) is 57.5 Å². The molecular weight excluding hydrogens is 1630 g/mol. The number of hydrogen-bond acceptors (Lipinski definition) is 39. The molecule has 0 unspecified atom stereocenters. The first-order valence-corrected chi connectivity index (χ1v) is 42.0. The smallest absolute Gasteiger partial charge is 0.220 e. The van der Waals surface area contributed by atoms with Gasteiger partial charge in [0.2, 0.25) is 29.5 Å². The van der Waals surface area contributed by atoms with Crippen LogP contribution >= 0.6 is 0 Å². The van der Waals surface area contributed by atoms with Crippen molar-refractivity contribution in [3.8, 4) is 0 Å². The van der Waals surface area contributed by atoms with Gasteiger partial charge in [0, 0.05) is 40.2 Å². The molecule has 3 aromatic heterocycles. The molecule has 47 nitrogen and oxygen atoms in total. The highest BCUT2D eigenvalue weighted by Crippen LogP contribution is 2.40. The van der Waals surface area contributed by atoms with Crippen molar-refractivity contribution in [1.82, 2.24) is 71.6 Å². The highest BCUT2D eigenvalue weighted by atomic mass is 16.8.